The van der Waals surface area contributed by atoms with Crippen molar-refractivity contribution in [3.05, 3.63) is 97.2 Å². The molecule has 0 amide bonds. The number of rotatable bonds is 40. The van der Waals surface area contributed by atoms with Gasteiger partial charge in [-0.25, -0.2) is 9.13 Å². The fourth-order valence-electron chi connectivity index (χ4n) is 5.21. The number of phosphoric acid groups is 2. The van der Waals surface area contributed by atoms with E-state index in [2.05, 4.69) is 59.4 Å². The van der Waals surface area contributed by atoms with Crippen molar-refractivity contribution < 1.29 is 66.7 Å². The lowest BCUT2D eigenvalue weighted by Gasteiger charge is -2.20. The molecule has 354 valence electrons. The highest BCUT2D eigenvalue weighted by Crippen LogP contribution is 2.43. The molecule has 0 bridgehead atoms. The van der Waals surface area contributed by atoms with Crippen molar-refractivity contribution in [1.82, 2.24) is 0 Å². The van der Waals surface area contributed by atoms with Gasteiger partial charge in [0.2, 0.25) is 0 Å². The van der Waals surface area contributed by atoms with E-state index in [-0.39, 0.29) is 12.8 Å². The van der Waals surface area contributed by atoms with Crippen LogP contribution >= 0.6 is 15.6 Å². The van der Waals surface area contributed by atoms with E-state index < -0.39 is 72.3 Å². The molecule has 0 aromatic carbocycles. The summed E-state index contributed by atoms with van der Waals surface area (Å²) in [4.78, 5) is 52.7. The maximum atomic E-state index is 12.6. The van der Waals surface area contributed by atoms with Crippen molar-refractivity contribution in [2.45, 2.75) is 154 Å². The van der Waals surface area contributed by atoms with E-state index >= 15 is 0 Å². The van der Waals surface area contributed by atoms with Crippen LogP contribution in [0.25, 0.3) is 0 Å². The van der Waals surface area contributed by atoms with Gasteiger partial charge in [-0.3, -0.25) is 23.2 Å². The molecule has 0 heterocycles. The van der Waals surface area contributed by atoms with Gasteiger partial charge in [-0.1, -0.05) is 150 Å². The number of phosphoric ester groups is 2. The lowest BCUT2D eigenvalue weighted by atomic mass is 10.1. The van der Waals surface area contributed by atoms with Gasteiger partial charge in [-0.2, -0.15) is 0 Å². The number of hydrogen-bond acceptors (Lipinski definition) is 11. The molecule has 62 heavy (non-hydrogen) atoms. The smallest absolute Gasteiger partial charge is 0.462 e. The second-order valence-corrected chi connectivity index (χ2v) is 17.2. The zero-order chi connectivity index (χ0) is 46.0. The fraction of sp³-hybridized carbons (Fsp3) is 0.609. The number of ether oxygens (including phenoxy) is 2. The van der Waals surface area contributed by atoms with Gasteiger partial charge in [0.1, 0.15) is 12.7 Å². The number of carbonyl (C=O) groups excluding carboxylic acids is 2. The molecular formula is C46H76O14P2. The van der Waals surface area contributed by atoms with E-state index in [1.165, 1.54) is 25.7 Å². The van der Waals surface area contributed by atoms with Crippen LogP contribution in [0.1, 0.15) is 136 Å². The normalized spacial score (nSPS) is 15.4. The molecule has 5 N–H and O–H groups in total. The van der Waals surface area contributed by atoms with Crippen LogP contribution in [0, 0.1) is 0 Å². The van der Waals surface area contributed by atoms with Crippen molar-refractivity contribution in [1.29, 1.82) is 0 Å². The van der Waals surface area contributed by atoms with Gasteiger partial charge in [-0.05, 0) is 70.6 Å². The van der Waals surface area contributed by atoms with Gasteiger partial charge in [0.25, 0.3) is 0 Å². The van der Waals surface area contributed by atoms with Gasteiger partial charge in [0.05, 0.1) is 25.9 Å². The maximum Gasteiger partial charge on any atom is 0.472 e. The number of hydrogen-bond donors (Lipinski definition) is 5. The van der Waals surface area contributed by atoms with Crippen molar-refractivity contribution in [2.24, 2.45) is 0 Å². The van der Waals surface area contributed by atoms with E-state index in [0.29, 0.717) is 32.1 Å². The van der Waals surface area contributed by atoms with E-state index in [9.17, 15) is 33.8 Å². The average Bonchev–Trinajstić information content (AvgIpc) is 3.23. The highest BCUT2D eigenvalue weighted by Gasteiger charge is 2.28. The van der Waals surface area contributed by atoms with Gasteiger partial charge < -0.3 is 34.4 Å². The zero-order valence-electron chi connectivity index (χ0n) is 37.0. The fourth-order valence-corrected chi connectivity index (χ4v) is 6.37. The molecule has 0 radical (unpaired) electrons. The molecule has 0 aromatic heterocycles. The van der Waals surface area contributed by atoms with Crippen molar-refractivity contribution in [2.75, 3.05) is 26.4 Å². The van der Waals surface area contributed by atoms with Crippen LogP contribution in [0.5, 0.6) is 0 Å². The van der Waals surface area contributed by atoms with Gasteiger partial charge in [0, 0.05) is 12.8 Å². The summed E-state index contributed by atoms with van der Waals surface area (Å²) in [6.07, 6.45) is 44.4. The van der Waals surface area contributed by atoms with E-state index in [0.717, 1.165) is 51.4 Å². The summed E-state index contributed by atoms with van der Waals surface area (Å²) in [6, 6.07) is 0. The summed E-state index contributed by atoms with van der Waals surface area (Å²) in [7, 11) is -9.73. The van der Waals surface area contributed by atoms with Crippen LogP contribution in [0.2, 0.25) is 0 Å². The van der Waals surface area contributed by atoms with Gasteiger partial charge in [0.15, 0.2) is 6.10 Å². The predicted octanol–water partition coefficient (Wildman–Crippen LogP) is 10.3. The lowest BCUT2D eigenvalue weighted by molar-refractivity contribution is -0.161. The van der Waals surface area contributed by atoms with Gasteiger partial charge >= 0.3 is 27.6 Å². The topological polar surface area (TPSA) is 216 Å². The largest absolute Gasteiger partial charge is 0.472 e. The summed E-state index contributed by atoms with van der Waals surface area (Å²) in [5, 5.41) is 19.8. The van der Waals surface area contributed by atoms with Crippen molar-refractivity contribution >= 4 is 27.6 Å². The first-order valence-electron chi connectivity index (χ1n) is 22.1. The Labute approximate surface area is 371 Å². The number of unbranched alkanes of at least 4 members (excludes halogenated alkanes) is 9. The first-order chi connectivity index (χ1) is 29.8. The molecule has 0 saturated heterocycles. The highest BCUT2D eigenvalue weighted by atomic mass is 31.2. The number of aliphatic hydroxyl groups excluding tert-OH is 2. The summed E-state index contributed by atoms with van der Waals surface area (Å²) in [6.45, 7) is 1.42. The number of carbonyl (C=O) groups is 2. The minimum atomic E-state index is -4.88. The molecule has 16 heteroatoms. The second kappa shape index (κ2) is 40.8. The van der Waals surface area contributed by atoms with Crippen LogP contribution in [0.15, 0.2) is 97.2 Å². The van der Waals surface area contributed by atoms with E-state index in [4.69, 9.17) is 23.8 Å². The quantitative estimate of drug-likeness (QED) is 0.0127. The van der Waals surface area contributed by atoms with Crippen LogP contribution in [0.4, 0.5) is 0 Å². The Morgan fingerprint density at radius 3 is 1.79 bits per heavy atom. The van der Waals surface area contributed by atoms with Crippen LogP contribution < -0.4 is 0 Å². The molecule has 0 rings (SSSR count). The molecular weight excluding hydrogens is 838 g/mol. The highest BCUT2D eigenvalue weighted by molar-refractivity contribution is 7.47. The van der Waals surface area contributed by atoms with Crippen molar-refractivity contribution in [3.63, 3.8) is 0 Å². The monoisotopic (exact) mass is 914 g/mol. The SMILES string of the molecule is CC/C=C\C/C=C\CC(O)/C=C/C=C\C/C=C\C/C=C\CCC(=O)O[C@H](COC(=O)CCCCCCC/C=C\C=C/CCCCCC)COP(=O)(O)OC[C@@H](O)COP(=O)(O)O. The predicted molar refractivity (Wildman–Crippen MR) is 245 cm³/mol. The van der Waals surface area contributed by atoms with Crippen molar-refractivity contribution in [3.8, 4) is 0 Å². The molecule has 2 unspecified atom stereocenters. The molecule has 0 aliphatic carbocycles. The zero-order valence-corrected chi connectivity index (χ0v) is 38.8. The molecule has 4 atom stereocenters. The second-order valence-electron chi connectivity index (χ2n) is 14.5. The molecule has 0 aliphatic heterocycles. The lowest BCUT2D eigenvalue weighted by Crippen LogP contribution is -2.29. The Bertz CT molecular complexity index is 1480. The first-order valence-corrected chi connectivity index (χ1v) is 25.1. The third kappa shape index (κ3) is 43.6. The van der Waals surface area contributed by atoms with Gasteiger partial charge in [-0.15, -0.1) is 0 Å². The Morgan fingerprint density at radius 2 is 1.11 bits per heavy atom. The van der Waals surface area contributed by atoms with Crippen LogP contribution in [-0.4, -0.2) is 81.6 Å². The molecule has 0 spiro atoms. The summed E-state index contributed by atoms with van der Waals surface area (Å²) >= 11 is 0. The number of aliphatic hydroxyl groups is 2. The number of esters is 2. The maximum absolute atomic E-state index is 12.6. The summed E-state index contributed by atoms with van der Waals surface area (Å²) < 4.78 is 47.6. The molecule has 0 fully saturated rings. The number of allylic oxidation sites excluding steroid dienone is 14. The van der Waals surface area contributed by atoms with E-state index in [1.54, 1.807) is 6.08 Å². The Morgan fingerprint density at radius 1 is 0.548 bits per heavy atom. The molecule has 14 nitrogen and oxygen atoms in total. The molecule has 0 aromatic rings. The minimum absolute atomic E-state index is 0.0258. The third-order valence-corrected chi connectivity index (χ3v) is 10.0. The Kier molecular flexibility index (Phi) is 38.8. The molecule has 0 aliphatic rings. The first kappa shape index (κ1) is 59.0. The minimum Gasteiger partial charge on any atom is -0.462 e. The Balaban J connectivity index is 4.74. The Hall–Kier alpha value is -3.00. The average molecular weight is 915 g/mol. The summed E-state index contributed by atoms with van der Waals surface area (Å²) in [5.74, 6) is -1.19. The summed E-state index contributed by atoms with van der Waals surface area (Å²) in [5.41, 5.74) is 0. The van der Waals surface area contributed by atoms with Crippen LogP contribution in [-0.2, 0) is 41.8 Å². The van der Waals surface area contributed by atoms with Crippen LogP contribution in [0.3, 0.4) is 0 Å². The third-order valence-electron chi connectivity index (χ3n) is 8.57. The van der Waals surface area contributed by atoms with E-state index in [1.807, 2.05) is 54.7 Å². The standard InChI is InChI=1S/C46H76O14P2/c1-3-5-7-9-11-12-13-14-15-16-17-21-24-28-32-36-45(49)56-40-44(41-59-62(54,55)58-39-43(48)38-57-61(51,52)53)60-46(50)37-33-29-25-22-19-18-20-23-27-31-35-42(47)34-30-26-10-8-6-4-2/h6,8,12-15,18-19,23,25-27,29-31,35,42-44,47-48H,3-5,7,9-11,16-17,20-22,24,28,32-34,36-41H2,1-2H3,(H,54,55)(H2,51,52,53)/b8-6-,13-12-,15-14-,19-18-,27-23-,29-25-,30-26-,35-31+/t42?,43-,44+/m0/s1. The molecule has 0 saturated carbocycles.